The largest absolute Gasteiger partial charge is 0.493 e. The van der Waals surface area contributed by atoms with Crippen LogP contribution in [0.4, 0.5) is 0 Å². The first kappa shape index (κ1) is 20.5. The second kappa shape index (κ2) is 9.78. The fourth-order valence-electron chi connectivity index (χ4n) is 3.15. The highest BCUT2D eigenvalue weighted by Gasteiger charge is 2.11. The van der Waals surface area contributed by atoms with Crippen molar-refractivity contribution in [3.8, 4) is 11.5 Å². The first-order valence-electron chi connectivity index (χ1n) is 9.74. The summed E-state index contributed by atoms with van der Waals surface area (Å²) in [5.41, 5.74) is 2.56. The Morgan fingerprint density at radius 2 is 1.86 bits per heavy atom. The highest BCUT2D eigenvalue weighted by molar-refractivity contribution is 5.92. The number of benzene rings is 2. The lowest BCUT2D eigenvalue weighted by atomic mass is 10.2. The minimum atomic E-state index is -0.108. The number of carbonyl (C=O) groups excluding carboxylic acids is 1. The number of methoxy groups -OCH3 is 1. The van der Waals surface area contributed by atoms with E-state index in [4.69, 9.17) is 14.5 Å². The minimum absolute atomic E-state index is 0.108. The quantitative estimate of drug-likeness (QED) is 0.421. The summed E-state index contributed by atoms with van der Waals surface area (Å²) in [4.78, 5) is 16.4. The molecule has 0 atom stereocenters. The van der Waals surface area contributed by atoms with Gasteiger partial charge in [0, 0.05) is 18.5 Å². The smallest absolute Gasteiger partial charge is 0.246 e. The van der Waals surface area contributed by atoms with E-state index in [-0.39, 0.29) is 5.91 Å². The Hall–Kier alpha value is -3.28. The molecule has 0 saturated heterocycles. The zero-order chi connectivity index (χ0) is 20.6. The van der Waals surface area contributed by atoms with Gasteiger partial charge in [0.25, 0.3) is 0 Å². The summed E-state index contributed by atoms with van der Waals surface area (Å²) >= 11 is 0. The average molecular weight is 393 g/mol. The number of hydrogen-bond acceptors (Lipinski definition) is 4. The molecule has 152 valence electrons. The van der Waals surface area contributed by atoms with Crippen LogP contribution in [0.2, 0.25) is 0 Å². The van der Waals surface area contributed by atoms with Gasteiger partial charge < -0.3 is 19.4 Å². The van der Waals surface area contributed by atoms with Crippen LogP contribution in [0.1, 0.15) is 19.2 Å². The van der Waals surface area contributed by atoms with Gasteiger partial charge in [-0.3, -0.25) is 4.79 Å². The Kier molecular flexibility index (Phi) is 6.89. The van der Waals surface area contributed by atoms with Gasteiger partial charge in [0.1, 0.15) is 12.4 Å². The molecular formula is C23H27N3O3. The predicted molar refractivity (Wildman–Crippen MR) is 114 cm³/mol. The Morgan fingerprint density at radius 3 is 2.62 bits per heavy atom. The van der Waals surface area contributed by atoms with Gasteiger partial charge in [-0.05, 0) is 37.6 Å². The molecule has 0 spiro atoms. The molecule has 0 unspecified atom stereocenters. The second-order valence-electron chi connectivity index (χ2n) is 6.81. The number of ether oxygens (including phenoxy) is 2. The van der Waals surface area contributed by atoms with Gasteiger partial charge in [0.15, 0.2) is 11.5 Å². The van der Waals surface area contributed by atoms with Gasteiger partial charge in [-0.15, -0.1) is 0 Å². The van der Waals surface area contributed by atoms with E-state index in [0.717, 1.165) is 41.2 Å². The maximum absolute atomic E-state index is 11.6. The van der Waals surface area contributed by atoms with Crippen LogP contribution in [0.25, 0.3) is 11.0 Å². The van der Waals surface area contributed by atoms with Crippen LogP contribution in [-0.2, 0) is 17.8 Å². The van der Waals surface area contributed by atoms with E-state index in [2.05, 4.69) is 22.5 Å². The molecule has 0 aliphatic rings. The van der Waals surface area contributed by atoms with Crippen molar-refractivity contribution >= 4 is 16.9 Å². The number of carbonyl (C=O) groups is 1. The average Bonchev–Trinajstić information content (AvgIpc) is 3.09. The molecular weight excluding hydrogens is 366 g/mol. The SMILES string of the molecule is C=C(C)C(=O)NCCCc1nc2ccccc2n1CCOc1ccccc1OC. The van der Waals surface area contributed by atoms with Gasteiger partial charge >= 0.3 is 0 Å². The molecule has 1 N–H and O–H groups in total. The lowest BCUT2D eigenvalue weighted by Crippen LogP contribution is -2.25. The maximum atomic E-state index is 11.6. The van der Waals surface area contributed by atoms with Crippen LogP contribution in [0, 0.1) is 0 Å². The van der Waals surface area contributed by atoms with E-state index >= 15 is 0 Å². The van der Waals surface area contributed by atoms with Crippen LogP contribution < -0.4 is 14.8 Å². The predicted octanol–water partition coefficient (Wildman–Crippen LogP) is 3.75. The Labute approximate surface area is 171 Å². The summed E-state index contributed by atoms with van der Waals surface area (Å²) in [6.45, 7) is 7.12. The fraction of sp³-hybridized carbons (Fsp3) is 0.304. The van der Waals surface area contributed by atoms with Crippen molar-refractivity contribution in [3.05, 3.63) is 66.5 Å². The molecule has 1 amide bonds. The number of hydrogen-bond donors (Lipinski definition) is 1. The molecule has 1 aromatic heterocycles. The monoisotopic (exact) mass is 393 g/mol. The molecule has 6 heteroatoms. The zero-order valence-corrected chi connectivity index (χ0v) is 17.0. The molecule has 3 aromatic rings. The molecule has 6 nitrogen and oxygen atoms in total. The van der Waals surface area contributed by atoms with Gasteiger partial charge in [0.2, 0.25) is 5.91 Å². The van der Waals surface area contributed by atoms with Crippen molar-refractivity contribution in [3.63, 3.8) is 0 Å². The first-order valence-corrected chi connectivity index (χ1v) is 9.74. The number of rotatable bonds is 10. The number of aromatic nitrogens is 2. The molecule has 0 saturated carbocycles. The number of fused-ring (bicyclic) bond motifs is 1. The number of nitrogens with one attached hydrogen (secondary N) is 1. The van der Waals surface area contributed by atoms with Crippen molar-refractivity contribution in [1.29, 1.82) is 0 Å². The lowest BCUT2D eigenvalue weighted by Gasteiger charge is -2.13. The minimum Gasteiger partial charge on any atom is -0.493 e. The molecule has 0 radical (unpaired) electrons. The van der Waals surface area contributed by atoms with Gasteiger partial charge in [-0.25, -0.2) is 4.98 Å². The van der Waals surface area contributed by atoms with Gasteiger partial charge in [-0.2, -0.15) is 0 Å². The first-order chi connectivity index (χ1) is 14.1. The van der Waals surface area contributed by atoms with E-state index in [0.29, 0.717) is 25.3 Å². The van der Waals surface area contributed by atoms with E-state index in [1.165, 1.54) is 0 Å². The molecule has 2 aromatic carbocycles. The zero-order valence-electron chi connectivity index (χ0n) is 17.0. The van der Waals surface area contributed by atoms with E-state index < -0.39 is 0 Å². The lowest BCUT2D eigenvalue weighted by molar-refractivity contribution is -0.117. The topological polar surface area (TPSA) is 65.4 Å². The molecule has 1 heterocycles. The van der Waals surface area contributed by atoms with Crippen LogP contribution in [-0.4, -0.2) is 35.7 Å². The van der Waals surface area contributed by atoms with Crippen molar-refractivity contribution in [2.45, 2.75) is 26.3 Å². The second-order valence-corrected chi connectivity index (χ2v) is 6.81. The normalized spacial score (nSPS) is 10.7. The van der Waals surface area contributed by atoms with Crippen molar-refractivity contribution in [2.24, 2.45) is 0 Å². The number of nitrogens with zero attached hydrogens (tertiary/aromatic N) is 2. The third kappa shape index (κ3) is 5.16. The molecule has 0 aliphatic carbocycles. The third-order valence-corrected chi connectivity index (χ3v) is 4.63. The van der Waals surface area contributed by atoms with Gasteiger partial charge in [0.05, 0.1) is 24.7 Å². The summed E-state index contributed by atoms with van der Waals surface area (Å²) in [5, 5.41) is 2.87. The Balaban J connectivity index is 1.66. The molecule has 0 aliphatic heterocycles. The van der Waals surface area contributed by atoms with Crippen LogP contribution in [0.5, 0.6) is 11.5 Å². The number of aryl methyl sites for hydroxylation is 1. The number of para-hydroxylation sites is 4. The molecule has 3 rings (SSSR count). The number of imidazole rings is 1. The summed E-state index contributed by atoms with van der Waals surface area (Å²) in [6.07, 6.45) is 1.56. The summed E-state index contributed by atoms with van der Waals surface area (Å²) in [7, 11) is 1.64. The highest BCUT2D eigenvalue weighted by atomic mass is 16.5. The summed E-state index contributed by atoms with van der Waals surface area (Å²) < 4.78 is 13.5. The van der Waals surface area contributed by atoms with Crippen LogP contribution in [0.3, 0.4) is 0 Å². The number of amides is 1. The Bertz CT molecular complexity index is 994. The highest BCUT2D eigenvalue weighted by Crippen LogP contribution is 2.26. The Morgan fingerprint density at radius 1 is 1.14 bits per heavy atom. The van der Waals surface area contributed by atoms with E-state index in [1.807, 2.05) is 42.5 Å². The molecule has 0 bridgehead atoms. The van der Waals surface area contributed by atoms with E-state index in [9.17, 15) is 4.79 Å². The van der Waals surface area contributed by atoms with Crippen LogP contribution >= 0.6 is 0 Å². The summed E-state index contributed by atoms with van der Waals surface area (Å²) in [5.74, 6) is 2.32. The standard InChI is InChI=1S/C23H27N3O3/c1-17(2)23(27)24-14-8-13-22-25-18-9-4-5-10-19(18)26(22)15-16-29-21-12-7-6-11-20(21)28-3/h4-7,9-12H,1,8,13-16H2,2-3H3,(H,24,27). The maximum Gasteiger partial charge on any atom is 0.246 e. The fourth-order valence-corrected chi connectivity index (χ4v) is 3.15. The molecule has 29 heavy (non-hydrogen) atoms. The van der Waals surface area contributed by atoms with Crippen molar-refractivity contribution < 1.29 is 14.3 Å². The summed E-state index contributed by atoms with van der Waals surface area (Å²) in [6, 6.07) is 15.7. The third-order valence-electron chi connectivity index (χ3n) is 4.63. The van der Waals surface area contributed by atoms with Crippen molar-refractivity contribution in [2.75, 3.05) is 20.3 Å². The van der Waals surface area contributed by atoms with Crippen molar-refractivity contribution in [1.82, 2.24) is 14.9 Å². The molecule has 0 fully saturated rings. The van der Waals surface area contributed by atoms with Gasteiger partial charge in [-0.1, -0.05) is 30.8 Å². The van der Waals surface area contributed by atoms with E-state index in [1.54, 1.807) is 14.0 Å². The van der Waals surface area contributed by atoms with Crippen LogP contribution in [0.15, 0.2) is 60.7 Å².